The van der Waals surface area contributed by atoms with E-state index in [1.807, 2.05) is 6.92 Å². The van der Waals surface area contributed by atoms with Crippen LogP contribution in [-0.2, 0) is 26.2 Å². The van der Waals surface area contributed by atoms with Gasteiger partial charge in [0.25, 0.3) is 0 Å². The van der Waals surface area contributed by atoms with E-state index >= 15 is 0 Å². The molecule has 0 fully saturated rings. The lowest BCUT2D eigenvalue weighted by atomic mass is 10.1. The molecule has 192 valence electrons. The molecule has 0 aliphatic rings. The van der Waals surface area contributed by atoms with Gasteiger partial charge in [0.1, 0.15) is 6.04 Å². The summed E-state index contributed by atoms with van der Waals surface area (Å²) in [6, 6.07) is 9.75. The first-order valence-electron chi connectivity index (χ1n) is 11.2. The summed E-state index contributed by atoms with van der Waals surface area (Å²) in [5, 5.41) is 4.05. The zero-order valence-electron chi connectivity index (χ0n) is 19.9. The van der Waals surface area contributed by atoms with E-state index in [0.717, 1.165) is 17.1 Å². The number of carbonyl (C=O) groups excluding carboxylic acids is 2. The first kappa shape index (κ1) is 29.4. The molecule has 0 saturated carbocycles. The third-order valence-electron chi connectivity index (χ3n) is 5.45. The average Bonchev–Trinajstić information content (AvgIpc) is 2.80. The number of hydrogen-bond acceptors (Lipinski definition) is 4. The summed E-state index contributed by atoms with van der Waals surface area (Å²) in [7, 11) is -2.64. The third kappa shape index (κ3) is 8.08. The van der Waals surface area contributed by atoms with E-state index in [0.29, 0.717) is 33.6 Å². The quantitative estimate of drug-likeness (QED) is 0.369. The largest absolute Gasteiger partial charge is 0.354 e. The number of nitrogens with zero attached hydrogens (tertiary/aromatic N) is 2. The number of likely N-dealkylation sites (N-methyl/N-ethyl adjacent to an activating group) is 1. The first-order valence-corrected chi connectivity index (χ1v) is 13.8. The Bertz CT molecular complexity index is 1130. The maximum Gasteiger partial charge on any atom is 0.243 e. The molecule has 0 spiro atoms. The minimum Gasteiger partial charge on any atom is -0.354 e. The first-order chi connectivity index (χ1) is 16.5. The molecule has 2 amide bonds. The van der Waals surface area contributed by atoms with Crippen LogP contribution in [0.3, 0.4) is 0 Å². The monoisotopic (exact) mass is 561 g/mol. The predicted octanol–water partition coefficient (Wildman–Crippen LogP) is 4.99. The van der Waals surface area contributed by atoms with E-state index in [-0.39, 0.29) is 17.3 Å². The molecule has 1 atom stereocenters. The van der Waals surface area contributed by atoms with Gasteiger partial charge in [0.15, 0.2) is 0 Å². The summed E-state index contributed by atoms with van der Waals surface area (Å²) in [4.78, 5) is 27.8. The van der Waals surface area contributed by atoms with Crippen LogP contribution in [0, 0.1) is 0 Å². The van der Waals surface area contributed by atoms with Gasteiger partial charge in [0.05, 0.1) is 11.4 Å². The summed E-state index contributed by atoms with van der Waals surface area (Å²) in [6.07, 6.45) is 2.05. The van der Waals surface area contributed by atoms with Crippen molar-refractivity contribution in [2.45, 2.75) is 50.6 Å². The van der Waals surface area contributed by atoms with Crippen LogP contribution in [0.4, 0.5) is 0 Å². The van der Waals surface area contributed by atoms with Crippen molar-refractivity contribution in [3.63, 3.8) is 0 Å². The van der Waals surface area contributed by atoms with E-state index < -0.39 is 28.5 Å². The Morgan fingerprint density at radius 2 is 1.63 bits per heavy atom. The van der Waals surface area contributed by atoms with Gasteiger partial charge < -0.3 is 10.2 Å². The molecule has 2 aromatic carbocycles. The minimum absolute atomic E-state index is 0.00819. The highest BCUT2D eigenvalue weighted by atomic mass is 35.5. The van der Waals surface area contributed by atoms with Crippen LogP contribution in [-0.4, -0.2) is 55.6 Å². The van der Waals surface area contributed by atoms with E-state index in [2.05, 4.69) is 5.32 Å². The van der Waals surface area contributed by atoms with Gasteiger partial charge in [-0.2, -0.15) is 4.31 Å². The molecule has 11 heteroatoms. The third-order valence-corrected chi connectivity index (χ3v) is 8.11. The number of halogens is 3. The summed E-state index contributed by atoms with van der Waals surface area (Å²) in [5.74, 6) is -0.837. The Hall–Kier alpha value is -1.84. The summed E-state index contributed by atoms with van der Waals surface area (Å²) in [5.41, 5.74) is 0.590. The summed E-state index contributed by atoms with van der Waals surface area (Å²) >= 11 is 18.2. The van der Waals surface area contributed by atoms with Gasteiger partial charge in [-0.25, -0.2) is 8.42 Å². The predicted molar refractivity (Wildman–Crippen MR) is 140 cm³/mol. The van der Waals surface area contributed by atoms with Crippen molar-refractivity contribution in [3.05, 3.63) is 63.1 Å². The number of rotatable bonds is 12. The molecule has 0 bridgehead atoms. The van der Waals surface area contributed by atoms with Crippen LogP contribution in [0.15, 0.2) is 47.4 Å². The van der Waals surface area contributed by atoms with Crippen molar-refractivity contribution in [1.82, 2.24) is 14.5 Å². The summed E-state index contributed by atoms with van der Waals surface area (Å²) < 4.78 is 26.9. The number of benzene rings is 2. The molecule has 0 aromatic heterocycles. The Morgan fingerprint density at radius 3 is 2.20 bits per heavy atom. The molecule has 0 saturated heterocycles. The van der Waals surface area contributed by atoms with Crippen LogP contribution >= 0.6 is 34.8 Å². The lowest BCUT2D eigenvalue weighted by Crippen LogP contribution is -2.51. The molecule has 0 radical (unpaired) electrons. The van der Waals surface area contributed by atoms with E-state index in [9.17, 15) is 18.0 Å². The van der Waals surface area contributed by atoms with Crippen molar-refractivity contribution in [1.29, 1.82) is 0 Å². The number of nitrogens with one attached hydrogen (secondary N) is 1. The zero-order valence-corrected chi connectivity index (χ0v) is 23.0. The topological polar surface area (TPSA) is 86.8 Å². The van der Waals surface area contributed by atoms with Crippen LogP contribution in [0.25, 0.3) is 0 Å². The van der Waals surface area contributed by atoms with Gasteiger partial charge in [0.2, 0.25) is 21.8 Å². The smallest absolute Gasteiger partial charge is 0.243 e. The molecule has 0 heterocycles. The van der Waals surface area contributed by atoms with E-state index in [1.165, 1.54) is 36.2 Å². The van der Waals surface area contributed by atoms with Gasteiger partial charge in [-0.05, 0) is 54.8 Å². The van der Waals surface area contributed by atoms with Crippen molar-refractivity contribution in [2.75, 3.05) is 20.1 Å². The van der Waals surface area contributed by atoms with E-state index in [1.54, 1.807) is 25.1 Å². The average molecular weight is 563 g/mol. The van der Waals surface area contributed by atoms with Crippen molar-refractivity contribution in [2.24, 2.45) is 0 Å². The summed E-state index contributed by atoms with van der Waals surface area (Å²) in [6.45, 7) is 3.85. The molecule has 0 unspecified atom stereocenters. The molecule has 0 aliphatic heterocycles. The lowest BCUT2D eigenvalue weighted by molar-refractivity contribution is -0.141. The zero-order chi connectivity index (χ0) is 26.2. The minimum atomic E-state index is -3.96. The Morgan fingerprint density at radius 1 is 1.00 bits per heavy atom. The Labute approximate surface area is 222 Å². The normalized spacial score (nSPS) is 12.4. The molecule has 2 aromatic rings. The highest BCUT2D eigenvalue weighted by molar-refractivity contribution is 7.89. The van der Waals surface area contributed by atoms with Crippen LogP contribution < -0.4 is 5.32 Å². The van der Waals surface area contributed by atoms with Gasteiger partial charge in [-0.15, -0.1) is 0 Å². The number of hydrogen-bond donors (Lipinski definition) is 1. The second-order valence-corrected chi connectivity index (χ2v) is 11.4. The van der Waals surface area contributed by atoms with Gasteiger partial charge in [-0.1, -0.05) is 61.1 Å². The molecule has 35 heavy (non-hydrogen) atoms. The Kier molecular flexibility index (Phi) is 11.3. The highest BCUT2D eigenvalue weighted by Gasteiger charge is 2.32. The van der Waals surface area contributed by atoms with Crippen molar-refractivity contribution >= 4 is 56.6 Å². The molecule has 1 N–H and O–H groups in total. The fraction of sp³-hybridized carbons (Fsp3) is 0.417. The SMILES string of the molecule is CCCCNC(=O)[C@@H](CC)N(Cc1ccc(Cl)cc1Cl)C(=O)CN(C)S(=O)(=O)c1ccc(Cl)cc1. The molecule has 7 nitrogen and oxygen atoms in total. The van der Waals surface area contributed by atoms with E-state index in [4.69, 9.17) is 34.8 Å². The van der Waals surface area contributed by atoms with Gasteiger partial charge in [0, 0.05) is 35.2 Å². The molecule has 0 aliphatic carbocycles. The number of sulfonamides is 1. The maximum absolute atomic E-state index is 13.5. The van der Waals surface area contributed by atoms with Crippen LogP contribution in [0.1, 0.15) is 38.7 Å². The maximum atomic E-state index is 13.5. The molecule has 2 rings (SSSR count). The Balaban J connectivity index is 2.33. The number of carbonyl (C=O) groups is 2. The van der Waals surface area contributed by atoms with Gasteiger partial charge >= 0.3 is 0 Å². The van der Waals surface area contributed by atoms with Gasteiger partial charge in [-0.3, -0.25) is 9.59 Å². The van der Waals surface area contributed by atoms with Crippen molar-refractivity contribution in [3.8, 4) is 0 Å². The number of amides is 2. The standard InChI is InChI=1S/C24H30Cl3N3O4S/c1-4-6-13-28-24(32)22(5-2)30(15-17-7-8-19(26)14-21(17)27)23(31)16-29(3)35(33,34)20-11-9-18(25)10-12-20/h7-12,14,22H,4-6,13,15-16H2,1-3H3,(H,28,32)/t22-/m1/s1. The highest BCUT2D eigenvalue weighted by Crippen LogP contribution is 2.24. The molecular weight excluding hydrogens is 533 g/mol. The van der Waals surface area contributed by atoms with Crippen molar-refractivity contribution < 1.29 is 18.0 Å². The van der Waals surface area contributed by atoms with Crippen LogP contribution in [0.2, 0.25) is 15.1 Å². The van der Waals surface area contributed by atoms with Crippen LogP contribution in [0.5, 0.6) is 0 Å². The fourth-order valence-electron chi connectivity index (χ4n) is 3.41. The second kappa shape index (κ2) is 13.5. The fourth-order valence-corrected chi connectivity index (χ4v) is 5.13. The molecular formula is C24H30Cl3N3O4S. The second-order valence-electron chi connectivity index (χ2n) is 8.04. The lowest BCUT2D eigenvalue weighted by Gasteiger charge is -2.32. The number of unbranched alkanes of at least 4 members (excludes halogenated alkanes) is 1.